The van der Waals surface area contributed by atoms with Gasteiger partial charge < -0.3 is 5.73 Å². The van der Waals surface area contributed by atoms with Crippen LogP contribution < -0.4 is 5.73 Å². The maximum Gasteiger partial charge on any atom is 0.0335 e. The van der Waals surface area contributed by atoms with Gasteiger partial charge in [-0.25, -0.2) is 0 Å². The van der Waals surface area contributed by atoms with Gasteiger partial charge >= 0.3 is 0 Å². The molecule has 0 amide bonds. The Morgan fingerprint density at radius 1 is 0.905 bits per heavy atom. The summed E-state index contributed by atoms with van der Waals surface area (Å²) in [7, 11) is 0. The van der Waals surface area contributed by atoms with E-state index in [0.717, 1.165) is 6.42 Å². The van der Waals surface area contributed by atoms with Gasteiger partial charge in [-0.1, -0.05) is 63.2 Å². The Morgan fingerprint density at radius 2 is 1.52 bits per heavy atom. The summed E-state index contributed by atoms with van der Waals surface area (Å²) < 4.78 is 0. The lowest BCUT2D eigenvalue weighted by atomic mass is 9.86. The molecule has 0 saturated heterocycles. The van der Waals surface area contributed by atoms with Crippen LogP contribution in [0.15, 0.2) is 42.5 Å². The lowest BCUT2D eigenvalue weighted by Gasteiger charge is -2.20. The van der Waals surface area contributed by atoms with Crippen LogP contribution in [0.2, 0.25) is 0 Å². The molecule has 1 heteroatoms. The molecule has 1 nitrogen and oxygen atoms in total. The Labute approximate surface area is 129 Å². The van der Waals surface area contributed by atoms with Crippen LogP contribution in [0.4, 0.5) is 0 Å². The fourth-order valence-corrected chi connectivity index (χ4v) is 2.53. The zero-order valence-electron chi connectivity index (χ0n) is 13.9. The van der Waals surface area contributed by atoms with Crippen molar-refractivity contribution in [1.29, 1.82) is 0 Å². The summed E-state index contributed by atoms with van der Waals surface area (Å²) in [6.45, 7) is 11.0. The largest absolute Gasteiger partial charge is 0.324 e. The summed E-state index contributed by atoms with van der Waals surface area (Å²) in [5, 5.41) is 0. The third kappa shape index (κ3) is 3.95. The Bertz CT molecular complexity index is 603. The van der Waals surface area contributed by atoms with Gasteiger partial charge in [-0.05, 0) is 53.5 Å². The molecule has 0 heterocycles. The number of hydrogen-bond acceptors (Lipinski definition) is 1. The molecule has 0 bridgehead atoms. The highest BCUT2D eigenvalue weighted by Crippen LogP contribution is 2.24. The van der Waals surface area contributed by atoms with Gasteiger partial charge in [0.05, 0.1) is 0 Å². The van der Waals surface area contributed by atoms with Crippen LogP contribution in [0.1, 0.15) is 54.6 Å². The van der Waals surface area contributed by atoms with Gasteiger partial charge in [0.1, 0.15) is 0 Å². The maximum absolute atomic E-state index is 6.37. The van der Waals surface area contributed by atoms with Crippen molar-refractivity contribution < 1.29 is 0 Å². The second kappa shape index (κ2) is 6.03. The fraction of sp³-hybridized carbons (Fsp3) is 0.400. The SMILES string of the molecule is Cc1ccc(CC(N)c2ccc(C(C)(C)C)cc2)cc1C. The zero-order chi connectivity index (χ0) is 15.6. The van der Waals surface area contributed by atoms with Gasteiger partial charge in [0.2, 0.25) is 0 Å². The highest BCUT2D eigenvalue weighted by Gasteiger charge is 2.14. The van der Waals surface area contributed by atoms with Gasteiger partial charge in [0, 0.05) is 6.04 Å². The highest BCUT2D eigenvalue weighted by atomic mass is 14.6. The van der Waals surface area contributed by atoms with E-state index in [4.69, 9.17) is 5.73 Å². The molecular formula is C20H27N. The molecule has 21 heavy (non-hydrogen) atoms. The third-order valence-corrected chi connectivity index (χ3v) is 4.23. The number of rotatable bonds is 3. The summed E-state index contributed by atoms with van der Waals surface area (Å²) >= 11 is 0. The molecule has 2 rings (SSSR count). The van der Waals surface area contributed by atoms with Crippen molar-refractivity contribution in [2.75, 3.05) is 0 Å². The maximum atomic E-state index is 6.37. The Hall–Kier alpha value is -1.60. The first-order chi connectivity index (χ1) is 9.77. The molecule has 2 aromatic carbocycles. The lowest BCUT2D eigenvalue weighted by molar-refractivity contribution is 0.589. The van der Waals surface area contributed by atoms with Crippen molar-refractivity contribution in [1.82, 2.24) is 0 Å². The van der Waals surface area contributed by atoms with Crippen LogP contribution in [0, 0.1) is 13.8 Å². The summed E-state index contributed by atoms with van der Waals surface area (Å²) in [6, 6.07) is 15.4. The number of aryl methyl sites for hydroxylation is 2. The fourth-order valence-electron chi connectivity index (χ4n) is 2.53. The van der Waals surface area contributed by atoms with Crippen LogP contribution in [-0.4, -0.2) is 0 Å². The molecule has 1 unspecified atom stereocenters. The van der Waals surface area contributed by atoms with E-state index in [1.165, 1.54) is 27.8 Å². The van der Waals surface area contributed by atoms with Crippen molar-refractivity contribution in [3.05, 3.63) is 70.3 Å². The molecule has 0 spiro atoms. The number of hydrogen-bond donors (Lipinski definition) is 1. The predicted molar refractivity (Wildman–Crippen MR) is 91.7 cm³/mol. The van der Waals surface area contributed by atoms with Crippen molar-refractivity contribution >= 4 is 0 Å². The van der Waals surface area contributed by atoms with E-state index in [1.807, 2.05) is 0 Å². The van der Waals surface area contributed by atoms with Gasteiger partial charge in [-0.2, -0.15) is 0 Å². The van der Waals surface area contributed by atoms with Crippen LogP contribution in [-0.2, 0) is 11.8 Å². The van der Waals surface area contributed by atoms with Gasteiger partial charge in [-0.3, -0.25) is 0 Å². The topological polar surface area (TPSA) is 26.0 Å². The van der Waals surface area contributed by atoms with Crippen molar-refractivity contribution in [3.8, 4) is 0 Å². The minimum atomic E-state index is 0.0566. The second-order valence-electron chi connectivity index (χ2n) is 7.10. The van der Waals surface area contributed by atoms with E-state index in [0.29, 0.717) is 0 Å². The van der Waals surface area contributed by atoms with Gasteiger partial charge in [0.15, 0.2) is 0 Å². The second-order valence-corrected chi connectivity index (χ2v) is 7.10. The number of nitrogens with two attached hydrogens (primary N) is 1. The first-order valence-electron chi connectivity index (χ1n) is 7.69. The molecule has 0 fully saturated rings. The van der Waals surface area contributed by atoms with Crippen molar-refractivity contribution in [2.24, 2.45) is 5.73 Å². The highest BCUT2D eigenvalue weighted by molar-refractivity contribution is 5.33. The van der Waals surface area contributed by atoms with Crippen molar-refractivity contribution in [2.45, 2.75) is 52.5 Å². The average molecular weight is 281 g/mol. The minimum absolute atomic E-state index is 0.0566. The first-order valence-corrected chi connectivity index (χ1v) is 7.69. The van der Waals surface area contributed by atoms with Crippen LogP contribution in [0.25, 0.3) is 0 Å². The van der Waals surface area contributed by atoms with E-state index in [1.54, 1.807) is 0 Å². The number of benzene rings is 2. The monoisotopic (exact) mass is 281 g/mol. The summed E-state index contributed by atoms with van der Waals surface area (Å²) in [6.07, 6.45) is 0.885. The van der Waals surface area contributed by atoms with E-state index in [9.17, 15) is 0 Å². The lowest BCUT2D eigenvalue weighted by Crippen LogP contribution is -2.15. The van der Waals surface area contributed by atoms with Gasteiger partial charge in [-0.15, -0.1) is 0 Å². The zero-order valence-corrected chi connectivity index (χ0v) is 13.9. The van der Waals surface area contributed by atoms with E-state index >= 15 is 0 Å². The summed E-state index contributed by atoms with van der Waals surface area (Å²) in [4.78, 5) is 0. The Morgan fingerprint density at radius 3 is 2.05 bits per heavy atom. The van der Waals surface area contributed by atoms with Crippen molar-refractivity contribution in [3.63, 3.8) is 0 Å². The molecular weight excluding hydrogens is 254 g/mol. The smallest absolute Gasteiger partial charge is 0.0335 e. The van der Waals surface area contributed by atoms with Crippen LogP contribution in [0.5, 0.6) is 0 Å². The summed E-state index contributed by atoms with van der Waals surface area (Å²) in [5.41, 5.74) is 13.1. The third-order valence-electron chi connectivity index (χ3n) is 4.23. The quantitative estimate of drug-likeness (QED) is 0.855. The van der Waals surface area contributed by atoms with Gasteiger partial charge in [0.25, 0.3) is 0 Å². The van der Waals surface area contributed by atoms with E-state index in [-0.39, 0.29) is 11.5 Å². The molecule has 0 aliphatic rings. The molecule has 0 aliphatic carbocycles. The molecule has 0 aromatic heterocycles. The predicted octanol–water partition coefficient (Wildman–Crippen LogP) is 4.84. The molecule has 0 saturated carbocycles. The minimum Gasteiger partial charge on any atom is -0.324 e. The summed E-state index contributed by atoms with van der Waals surface area (Å²) in [5.74, 6) is 0. The molecule has 1 atom stereocenters. The standard InChI is InChI=1S/C20H27N/c1-14-6-7-16(12-15(14)2)13-19(21)17-8-10-18(11-9-17)20(3,4)5/h6-12,19H,13,21H2,1-5H3. The molecule has 0 radical (unpaired) electrons. The Balaban J connectivity index is 2.13. The Kier molecular flexibility index (Phi) is 4.53. The molecule has 0 aliphatic heterocycles. The average Bonchev–Trinajstić information content (AvgIpc) is 2.42. The van der Waals surface area contributed by atoms with E-state index < -0.39 is 0 Å². The molecule has 2 N–H and O–H groups in total. The first kappa shape index (κ1) is 15.8. The normalized spacial score (nSPS) is 13.2. The molecule has 2 aromatic rings. The molecule has 112 valence electrons. The van der Waals surface area contributed by atoms with Crippen LogP contribution in [0.3, 0.4) is 0 Å². The van der Waals surface area contributed by atoms with E-state index in [2.05, 4.69) is 77.1 Å². The van der Waals surface area contributed by atoms with Crippen LogP contribution >= 0.6 is 0 Å².